The third-order valence-electron chi connectivity index (χ3n) is 5.74. The zero-order chi connectivity index (χ0) is 20.2. The number of anilines is 1. The summed E-state index contributed by atoms with van der Waals surface area (Å²) >= 11 is 0. The Morgan fingerprint density at radius 1 is 1.07 bits per heavy atom. The second-order valence-electron chi connectivity index (χ2n) is 8.12. The van der Waals surface area contributed by atoms with Crippen molar-refractivity contribution < 1.29 is 9.53 Å². The molecule has 29 heavy (non-hydrogen) atoms. The highest BCUT2D eigenvalue weighted by Crippen LogP contribution is 2.21. The first-order chi connectivity index (χ1) is 14.1. The highest BCUT2D eigenvalue weighted by molar-refractivity contribution is 5.92. The van der Waals surface area contributed by atoms with Gasteiger partial charge in [0.2, 0.25) is 0 Å². The lowest BCUT2D eigenvalue weighted by Gasteiger charge is -2.34. The second-order valence-corrected chi connectivity index (χ2v) is 8.12. The Morgan fingerprint density at radius 2 is 1.86 bits per heavy atom. The molecule has 1 amide bonds. The summed E-state index contributed by atoms with van der Waals surface area (Å²) in [5.74, 6) is 1.77. The van der Waals surface area contributed by atoms with Crippen LogP contribution in [0.3, 0.4) is 0 Å². The van der Waals surface area contributed by atoms with E-state index in [1.54, 1.807) is 0 Å². The molecule has 2 fully saturated rings. The Labute approximate surface area is 173 Å². The zero-order valence-electron chi connectivity index (χ0n) is 17.4. The van der Waals surface area contributed by atoms with Crippen LogP contribution in [0, 0.1) is 6.92 Å². The van der Waals surface area contributed by atoms with Crippen molar-refractivity contribution >= 4 is 11.7 Å². The van der Waals surface area contributed by atoms with Crippen molar-refractivity contribution in [3.63, 3.8) is 0 Å². The van der Waals surface area contributed by atoms with E-state index in [9.17, 15) is 4.79 Å². The average Bonchev–Trinajstić information content (AvgIpc) is 2.74. The molecule has 3 heterocycles. The molecule has 2 saturated heterocycles. The highest BCUT2D eigenvalue weighted by atomic mass is 16.5. The van der Waals surface area contributed by atoms with E-state index < -0.39 is 0 Å². The van der Waals surface area contributed by atoms with Gasteiger partial charge in [-0.2, -0.15) is 0 Å². The standard InChI is InChI=1S/C23H30N4O2/c1-18-6-3-7-19(16-18)29-20-8-5-11-27(17-20)23(28)21-9-4-10-22(24-21)26-14-12-25(2)13-15-26/h3-4,6-7,9-10,16,20H,5,8,11-15,17H2,1-2H3/t20-/m0/s1. The number of likely N-dealkylation sites (N-methyl/N-ethyl adjacent to an activating group) is 1. The van der Waals surface area contributed by atoms with Crippen LogP contribution in [0.2, 0.25) is 0 Å². The van der Waals surface area contributed by atoms with Gasteiger partial charge in [0.05, 0.1) is 6.54 Å². The number of ether oxygens (including phenoxy) is 1. The van der Waals surface area contributed by atoms with Crippen molar-refractivity contribution in [2.24, 2.45) is 0 Å². The molecule has 154 valence electrons. The average molecular weight is 395 g/mol. The van der Waals surface area contributed by atoms with Crippen LogP contribution in [0.5, 0.6) is 5.75 Å². The number of carbonyl (C=O) groups excluding carboxylic acids is 1. The molecule has 2 aromatic rings. The Kier molecular flexibility index (Phi) is 6.00. The van der Waals surface area contributed by atoms with Gasteiger partial charge in [-0.3, -0.25) is 4.79 Å². The predicted molar refractivity (Wildman–Crippen MR) is 115 cm³/mol. The molecule has 1 atom stereocenters. The van der Waals surface area contributed by atoms with E-state index in [1.807, 2.05) is 41.3 Å². The number of piperidine rings is 1. The minimum atomic E-state index is -0.00137. The quantitative estimate of drug-likeness (QED) is 0.798. The van der Waals surface area contributed by atoms with Gasteiger partial charge in [0.1, 0.15) is 23.4 Å². The van der Waals surface area contributed by atoms with Crippen LogP contribution in [0.1, 0.15) is 28.9 Å². The number of hydrogen-bond acceptors (Lipinski definition) is 5. The number of piperazine rings is 1. The third-order valence-corrected chi connectivity index (χ3v) is 5.74. The largest absolute Gasteiger partial charge is 0.489 e. The second kappa shape index (κ2) is 8.82. The number of nitrogens with zero attached hydrogens (tertiary/aromatic N) is 4. The lowest BCUT2D eigenvalue weighted by Crippen LogP contribution is -2.46. The molecule has 0 bridgehead atoms. The molecular weight excluding hydrogens is 364 g/mol. The van der Waals surface area contributed by atoms with Crippen LogP contribution < -0.4 is 9.64 Å². The molecule has 0 saturated carbocycles. The van der Waals surface area contributed by atoms with Crippen molar-refractivity contribution in [1.82, 2.24) is 14.8 Å². The van der Waals surface area contributed by atoms with E-state index >= 15 is 0 Å². The van der Waals surface area contributed by atoms with Gasteiger partial charge in [-0.05, 0) is 56.6 Å². The Balaban J connectivity index is 1.41. The van der Waals surface area contributed by atoms with Gasteiger partial charge in [-0.1, -0.05) is 18.2 Å². The van der Waals surface area contributed by atoms with Gasteiger partial charge in [0, 0.05) is 32.7 Å². The Bertz CT molecular complexity index is 848. The molecule has 0 radical (unpaired) electrons. The van der Waals surface area contributed by atoms with Crippen LogP contribution in [-0.2, 0) is 0 Å². The molecule has 0 aliphatic carbocycles. The molecule has 2 aliphatic heterocycles. The number of benzene rings is 1. The van der Waals surface area contributed by atoms with Crippen LogP contribution in [-0.4, -0.2) is 73.1 Å². The molecule has 6 heteroatoms. The van der Waals surface area contributed by atoms with Crippen LogP contribution in [0.25, 0.3) is 0 Å². The maximum absolute atomic E-state index is 13.1. The Morgan fingerprint density at radius 3 is 2.66 bits per heavy atom. The monoisotopic (exact) mass is 394 g/mol. The van der Waals surface area contributed by atoms with Gasteiger partial charge in [0.25, 0.3) is 5.91 Å². The van der Waals surface area contributed by atoms with Crippen molar-refractivity contribution in [3.05, 3.63) is 53.7 Å². The lowest BCUT2D eigenvalue weighted by molar-refractivity contribution is 0.0532. The van der Waals surface area contributed by atoms with E-state index in [0.717, 1.165) is 57.1 Å². The van der Waals surface area contributed by atoms with Gasteiger partial charge < -0.3 is 19.4 Å². The Hall–Kier alpha value is -2.60. The normalized spacial score (nSPS) is 20.6. The van der Waals surface area contributed by atoms with E-state index in [2.05, 4.69) is 29.8 Å². The molecule has 1 aromatic heterocycles. The molecule has 4 rings (SSSR count). The smallest absolute Gasteiger partial charge is 0.272 e. The van der Waals surface area contributed by atoms with Crippen LogP contribution >= 0.6 is 0 Å². The summed E-state index contributed by atoms with van der Waals surface area (Å²) in [7, 11) is 2.14. The van der Waals surface area contributed by atoms with Gasteiger partial charge in [-0.25, -0.2) is 4.98 Å². The van der Waals surface area contributed by atoms with E-state index in [1.165, 1.54) is 5.56 Å². The predicted octanol–water partition coefficient (Wildman–Crippen LogP) is 2.83. The molecule has 0 spiro atoms. The van der Waals surface area contributed by atoms with Crippen LogP contribution in [0.4, 0.5) is 5.82 Å². The number of pyridine rings is 1. The third kappa shape index (κ3) is 4.88. The summed E-state index contributed by atoms with van der Waals surface area (Å²) in [5.41, 5.74) is 1.70. The van der Waals surface area contributed by atoms with Gasteiger partial charge in [0.15, 0.2) is 0 Å². The summed E-state index contributed by atoms with van der Waals surface area (Å²) in [6.07, 6.45) is 1.93. The first-order valence-corrected chi connectivity index (χ1v) is 10.5. The van der Waals surface area contributed by atoms with E-state index in [4.69, 9.17) is 9.72 Å². The van der Waals surface area contributed by atoms with Gasteiger partial charge in [-0.15, -0.1) is 0 Å². The number of aryl methyl sites for hydroxylation is 1. The van der Waals surface area contributed by atoms with Crippen molar-refractivity contribution in [2.45, 2.75) is 25.9 Å². The minimum absolute atomic E-state index is 0.00137. The molecule has 2 aliphatic rings. The number of hydrogen-bond donors (Lipinski definition) is 0. The van der Waals surface area contributed by atoms with Crippen LogP contribution in [0.15, 0.2) is 42.5 Å². The van der Waals surface area contributed by atoms with E-state index in [0.29, 0.717) is 12.2 Å². The number of likely N-dealkylation sites (tertiary alicyclic amines) is 1. The van der Waals surface area contributed by atoms with Gasteiger partial charge >= 0.3 is 0 Å². The number of amides is 1. The molecule has 1 aromatic carbocycles. The number of carbonyl (C=O) groups is 1. The maximum atomic E-state index is 13.1. The number of rotatable bonds is 4. The van der Waals surface area contributed by atoms with E-state index in [-0.39, 0.29) is 12.0 Å². The molecule has 0 N–H and O–H groups in total. The lowest BCUT2D eigenvalue weighted by atomic mass is 10.1. The summed E-state index contributed by atoms with van der Waals surface area (Å²) in [6.45, 7) is 7.34. The summed E-state index contributed by atoms with van der Waals surface area (Å²) < 4.78 is 6.15. The zero-order valence-corrected chi connectivity index (χ0v) is 17.4. The maximum Gasteiger partial charge on any atom is 0.272 e. The summed E-state index contributed by atoms with van der Waals surface area (Å²) in [5, 5.41) is 0. The SMILES string of the molecule is Cc1cccc(O[C@H]2CCCN(C(=O)c3cccc(N4CCN(C)CC4)n3)C2)c1. The van der Waals surface area contributed by atoms with Crippen molar-refractivity contribution in [3.8, 4) is 5.75 Å². The highest BCUT2D eigenvalue weighted by Gasteiger charge is 2.27. The summed E-state index contributed by atoms with van der Waals surface area (Å²) in [6, 6.07) is 13.9. The first-order valence-electron chi connectivity index (χ1n) is 10.5. The molecule has 0 unspecified atom stereocenters. The molecule has 6 nitrogen and oxygen atoms in total. The fourth-order valence-electron chi connectivity index (χ4n) is 4.02. The van der Waals surface area contributed by atoms with Crippen molar-refractivity contribution in [1.29, 1.82) is 0 Å². The number of aromatic nitrogens is 1. The minimum Gasteiger partial charge on any atom is -0.489 e. The topological polar surface area (TPSA) is 48.9 Å². The molecular formula is C23H30N4O2. The van der Waals surface area contributed by atoms with Crippen molar-refractivity contribution in [2.75, 3.05) is 51.2 Å². The fourth-order valence-corrected chi connectivity index (χ4v) is 4.02. The summed E-state index contributed by atoms with van der Waals surface area (Å²) in [4.78, 5) is 24.3. The fraction of sp³-hybridized carbons (Fsp3) is 0.478. The first kappa shape index (κ1) is 19.7.